The molecule has 0 fully saturated rings. The summed E-state index contributed by atoms with van der Waals surface area (Å²) >= 11 is 0. The van der Waals surface area contributed by atoms with Gasteiger partial charge in [0.2, 0.25) is 5.88 Å². The van der Waals surface area contributed by atoms with Crippen LogP contribution in [0, 0.1) is 12.8 Å². The quantitative estimate of drug-likeness (QED) is 0.267. The third-order valence-corrected chi connectivity index (χ3v) is 2.55. The van der Waals surface area contributed by atoms with Crippen molar-refractivity contribution in [3.63, 3.8) is 0 Å². The Morgan fingerprint density at radius 2 is 2.22 bits per heavy atom. The maximum absolute atomic E-state index is 8.71. The van der Waals surface area contributed by atoms with Gasteiger partial charge < -0.3 is 15.7 Å². The lowest BCUT2D eigenvalue weighted by molar-refractivity contribution is 0.285. The van der Waals surface area contributed by atoms with Crippen molar-refractivity contribution >= 4 is 5.84 Å². The molecule has 0 aliphatic heterocycles. The molecule has 1 aromatic heterocycles. The van der Waals surface area contributed by atoms with Gasteiger partial charge in [0.25, 0.3) is 0 Å². The van der Waals surface area contributed by atoms with E-state index in [0.29, 0.717) is 24.0 Å². The van der Waals surface area contributed by atoms with Gasteiger partial charge in [-0.3, -0.25) is 0 Å². The van der Waals surface area contributed by atoms with Gasteiger partial charge in [0.15, 0.2) is 5.84 Å². The molecule has 0 unspecified atom stereocenters. The average molecular weight is 251 g/mol. The molecule has 18 heavy (non-hydrogen) atoms. The first-order valence-electron chi connectivity index (χ1n) is 6.13. The maximum atomic E-state index is 8.71. The van der Waals surface area contributed by atoms with Crippen molar-refractivity contribution in [3.05, 3.63) is 23.4 Å². The Morgan fingerprint density at radius 3 is 2.83 bits per heavy atom. The number of hydrogen-bond acceptors (Lipinski definition) is 4. The molecule has 1 rings (SSSR count). The first-order chi connectivity index (χ1) is 8.54. The van der Waals surface area contributed by atoms with E-state index in [9.17, 15) is 0 Å². The number of nitrogens with two attached hydrogens (primary N) is 1. The van der Waals surface area contributed by atoms with Crippen LogP contribution >= 0.6 is 0 Å². The van der Waals surface area contributed by atoms with E-state index in [2.05, 4.69) is 24.0 Å². The fourth-order valence-electron chi connectivity index (χ4n) is 1.55. The molecule has 0 aliphatic rings. The van der Waals surface area contributed by atoms with Gasteiger partial charge in [0.05, 0.1) is 12.2 Å². The van der Waals surface area contributed by atoms with E-state index in [0.717, 1.165) is 18.5 Å². The van der Waals surface area contributed by atoms with E-state index in [-0.39, 0.29) is 5.84 Å². The van der Waals surface area contributed by atoms with Crippen LogP contribution in [-0.4, -0.2) is 22.6 Å². The maximum Gasteiger partial charge on any atom is 0.224 e. The summed E-state index contributed by atoms with van der Waals surface area (Å²) in [6.45, 7) is 6.80. The Hall–Kier alpha value is -1.78. The molecule has 0 aromatic carbocycles. The van der Waals surface area contributed by atoms with Crippen molar-refractivity contribution in [2.75, 3.05) is 6.61 Å². The van der Waals surface area contributed by atoms with Crippen molar-refractivity contribution in [2.45, 2.75) is 33.6 Å². The minimum atomic E-state index is 0.0151. The predicted molar refractivity (Wildman–Crippen MR) is 71.1 cm³/mol. The van der Waals surface area contributed by atoms with Crippen LogP contribution in [0.25, 0.3) is 0 Å². The van der Waals surface area contributed by atoms with Crippen LogP contribution in [0.1, 0.15) is 37.9 Å². The van der Waals surface area contributed by atoms with Crippen LogP contribution in [0.3, 0.4) is 0 Å². The second-order valence-electron chi connectivity index (χ2n) is 4.68. The van der Waals surface area contributed by atoms with Gasteiger partial charge >= 0.3 is 0 Å². The number of oxime groups is 1. The van der Waals surface area contributed by atoms with E-state index < -0.39 is 0 Å². The van der Waals surface area contributed by atoms with E-state index in [4.69, 9.17) is 15.7 Å². The second-order valence-corrected chi connectivity index (χ2v) is 4.68. The Morgan fingerprint density at radius 1 is 1.50 bits per heavy atom. The molecule has 5 nitrogen and oxygen atoms in total. The normalized spacial score (nSPS) is 11.9. The molecule has 1 aromatic rings. The summed E-state index contributed by atoms with van der Waals surface area (Å²) in [7, 11) is 0. The van der Waals surface area contributed by atoms with Gasteiger partial charge in [-0.1, -0.05) is 19.0 Å². The van der Waals surface area contributed by atoms with Gasteiger partial charge in [-0.2, -0.15) is 0 Å². The number of aromatic nitrogens is 1. The zero-order valence-electron chi connectivity index (χ0n) is 11.2. The largest absolute Gasteiger partial charge is 0.477 e. The van der Waals surface area contributed by atoms with E-state index in [1.807, 2.05) is 6.92 Å². The topological polar surface area (TPSA) is 80.7 Å². The molecule has 100 valence electrons. The third kappa shape index (κ3) is 4.24. The summed E-state index contributed by atoms with van der Waals surface area (Å²) in [6.07, 6.45) is 2.06. The average Bonchev–Trinajstić information content (AvgIpc) is 2.33. The highest BCUT2D eigenvalue weighted by molar-refractivity contribution is 5.99. The number of ether oxygens (including phenoxy) is 1. The van der Waals surface area contributed by atoms with E-state index in [1.54, 1.807) is 12.1 Å². The summed E-state index contributed by atoms with van der Waals surface area (Å²) in [5, 5.41) is 11.7. The number of aryl methyl sites for hydroxylation is 1. The Labute approximate surface area is 108 Å². The highest BCUT2D eigenvalue weighted by Crippen LogP contribution is 2.16. The second kappa shape index (κ2) is 6.83. The van der Waals surface area contributed by atoms with Gasteiger partial charge in [-0.25, -0.2) is 4.98 Å². The number of rotatable bonds is 6. The fourth-order valence-corrected chi connectivity index (χ4v) is 1.55. The predicted octanol–water partition coefficient (Wildman–Crippen LogP) is 2.30. The van der Waals surface area contributed by atoms with Crippen molar-refractivity contribution in [1.29, 1.82) is 0 Å². The number of hydrogen-bond donors (Lipinski definition) is 2. The minimum Gasteiger partial charge on any atom is -0.477 e. The highest BCUT2D eigenvalue weighted by Gasteiger charge is 2.10. The number of amidine groups is 1. The summed E-state index contributed by atoms with van der Waals surface area (Å²) in [4.78, 5) is 4.26. The molecule has 0 radical (unpaired) electrons. The molecule has 1 heterocycles. The van der Waals surface area contributed by atoms with Crippen LogP contribution < -0.4 is 10.5 Å². The van der Waals surface area contributed by atoms with Crippen molar-refractivity contribution < 1.29 is 9.94 Å². The molecular formula is C13H21N3O2. The Kier molecular flexibility index (Phi) is 5.42. The standard InChI is InChI=1S/C13H21N3O2/c1-9(2)5-4-8-18-13-11(12(14)16-17)7-6-10(3)15-13/h6-7,9,17H,4-5,8H2,1-3H3,(H2,14,16). The van der Waals surface area contributed by atoms with Crippen molar-refractivity contribution in [1.82, 2.24) is 4.98 Å². The van der Waals surface area contributed by atoms with Crippen LogP contribution in [-0.2, 0) is 0 Å². The Bertz CT molecular complexity index is 417. The number of pyridine rings is 1. The summed E-state index contributed by atoms with van der Waals surface area (Å²) in [5.74, 6) is 1.10. The lowest BCUT2D eigenvalue weighted by Crippen LogP contribution is -2.16. The molecule has 0 amide bonds. The molecule has 0 saturated heterocycles. The minimum absolute atomic E-state index is 0.0151. The lowest BCUT2D eigenvalue weighted by Gasteiger charge is -2.11. The van der Waals surface area contributed by atoms with Crippen LogP contribution in [0.4, 0.5) is 0 Å². The van der Waals surface area contributed by atoms with Gasteiger partial charge in [0, 0.05) is 5.69 Å². The molecule has 5 heteroatoms. The monoisotopic (exact) mass is 251 g/mol. The SMILES string of the molecule is Cc1ccc(C(N)=NO)c(OCCCC(C)C)n1. The number of nitrogens with zero attached hydrogens (tertiary/aromatic N) is 2. The molecule has 0 saturated carbocycles. The zero-order valence-corrected chi connectivity index (χ0v) is 11.2. The van der Waals surface area contributed by atoms with Crippen LogP contribution in [0.2, 0.25) is 0 Å². The smallest absolute Gasteiger partial charge is 0.224 e. The van der Waals surface area contributed by atoms with Gasteiger partial charge in [-0.05, 0) is 37.8 Å². The molecule has 0 bridgehead atoms. The fraction of sp³-hybridized carbons (Fsp3) is 0.538. The Balaban J connectivity index is 2.71. The van der Waals surface area contributed by atoms with Crippen molar-refractivity contribution in [2.24, 2.45) is 16.8 Å². The van der Waals surface area contributed by atoms with E-state index in [1.165, 1.54) is 0 Å². The van der Waals surface area contributed by atoms with Crippen molar-refractivity contribution in [3.8, 4) is 5.88 Å². The molecule has 3 N–H and O–H groups in total. The first kappa shape index (κ1) is 14.3. The zero-order chi connectivity index (χ0) is 13.5. The molecule has 0 aliphatic carbocycles. The van der Waals surface area contributed by atoms with E-state index >= 15 is 0 Å². The molecular weight excluding hydrogens is 230 g/mol. The van der Waals surface area contributed by atoms with Crippen LogP contribution in [0.5, 0.6) is 5.88 Å². The molecule has 0 spiro atoms. The summed E-state index contributed by atoms with van der Waals surface area (Å²) < 4.78 is 5.61. The summed E-state index contributed by atoms with van der Waals surface area (Å²) in [5.41, 5.74) is 6.94. The summed E-state index contributed by atoms with van der Waals surface area (Å²) in [6, 6.07) is 3.55. The highest BCUT2D eigenvalue weighted by atomic mass is 16.5. The lowest BCUT2D eigenvalue weighted by atomic mass is 10.1. The third-order valence-electron chi connectivity index (χ3n) is 2.55. The molecule has 0 atom stereocenters. The van der Waals surface area contributed by atoms with Gasteiger partial charge in [0.1, 0.15) is 0 Å². The first-order valence-corrected chi connectivity index (χ1v) is 6.13. The van der Waals surface area contributed by atoms with Crippen LogP contribution in [0.15, 0.2) is 17.3 Å². The van der Waals surface area contributed by atoms with Gasteiger partial charge in [-0.15, -0.1) is 0 Å².